The third kappa shape index (κ3) is 1.23. The second-order valence-electron chi connectivity index (χ2n) is 2.86. The fraction of sp³-hybridized carbons (Fsp3) is 0.100. The second kappa shape index (κ2) is 3.29. The lowest BCUT2D eigenvalue weighted by Crippen LogP contribution is -1.73. The molecule has 2 aromatic rings. The quantitative estimate of drug-likeness (QED) is 0.748. The van der Waals surface area contributed by atoms with Gasteiger partial charge in [-0.05, 0) is 18.2 Å². The van der Waals surface area contributed by atoms with Crippen LogP contribution in [-0.2, 0) is 6.61 Å². The molecule has 0 unspecified atom stereocenters. The van der Waals surface area contributed by atoms with Crippen molar-refractivity contribution in [1.82, 2.24) is 0 Å². The van der Waals surface area contributed by atoms with E-state index >= 15 is 0 Å². The van der Waals surface area contributed by atoms with Crippen LogP contribution in [-0.4, -0.2) is 10.2 Å². The molecule has 2 N–H and O–H groups in total. The lowest BCUT2D eigenvalue weighted by atomic mass is 10.1. The molecule has 1 heterocycles. The maximum atomic E-state index is 9.52. The van der Waals surface area contributed by atoms with Crippen molar-refractivity contribution in [1.29, 1.82) is 5.26 Å². The van der Waals surface area contributed by atoms with E-state index in [1.54, 1.807) is 12.1 Å². The van der Waals surface area contributed by atoms with Gasteiger partial charge in [0, 0.05) is 10.3 Å². The van der Waals surface area contributed by atoms with Crippen molar-refractivity contribution in [3.05, 3.63) is 28.6 Å². The van der Waals surface area contributed by atoms with E-state index in [2.05, 4.69) is 6.07 Å². The smallest absolute Gasteiger partial charge is 0.124 e. The highest BCUT2D eigenvalue weighted by atomic mass is 32.1. The number of phenolic OH excluding ortho intramolecular Hbond substituents is 1. The van der Waals surface area contributed by atoms with Gasteiger partial charge in [-0.3, -0.25) is 0 Å². The molecule has 0 amide bonds. The van der Waals surface area contributed by atoms with E-state index in [0.29, 0.717) is 10.9 Å². The number of aliphatic hydroxyl groups is 1. The van der Waals surface area contributed by atoms with Crippen molar-refractivity contribution in [2.45, 2.75) is 6.61 Å². The molecule has 0 aliphatic rings. The Morgan fingerprint density at radius 1 is 1.43 bits per heavy atom. The molecule has 14 heavy (non-hydrogen) atoms. The predicted molar refractivity (Wildman–Crippen MR) is 54.1 cm³/mol. The van der Waals surface area contributed by atoms with Crippen LogP contribution < -0.4 is 0 Å². The van der Waals surface area contributed by atoms with E-state index in [1.165, 1.54) is 17.4 Å². The van der Waals surface area contributed by atoms with Crippen molar-refractivity contribution in [3.63, 3.8) is 0 Å². The van der Waals surface area contributed by atoms with Crippen LogP contribution in [0.15, 0.2) is 18.2 Å². The number of aromatic hydroxyl groups is 1. The summed E-state index contributed by atoms with van der Waals surface area (Å²) in [5.41, 5.74) is 0.530. The van der Waals surface area contributed by atoms with Crippen LogP contribution >= 0.6 is 11.3 Å². The highest BCUT2D eigenvalue weighted by Crippen LogP contribution is 2.34. The Labute approximate surface area is 84.5 Å². The lowest BCUT2D eigenvalue weighted by Gasteiger charge is -1.94. The number of aliphatic hydroxyl groups excluding tert-OH is 1. The largest absolute Gasteiger partial charge is 0.507 e. The number of hydrogen-bond donors (Lipinski definition) is 2. The number of benzene rings is 1. The van der Waals surface area contributed by atoms with Crippen molar-refractivity contribution < 1.29 is 10.2 Å². The maximum Gasteiger partial charge on any atom is 0.124 e. The first-order chi connectivity index (χ1) is 6.76. The molecule has 0 radical (unpaired) electrons. The van der Waals surface area contributed by atoms with Gasteiger partial charge in [0.25, 0.3) is 0 Å². The van der Waals surface area contributed by atoms with Gasteiger partial charge in [-0.15, -0.1) is 11.3 Å². The molecule has 0 aliphatic heterocycles. The summed E-state index contributed by atoms with van der Waals surface area (Å²) in [5.74, 6) is 0.148. The van der Waals surface area contributed by atoms with Crippen molar-refractivity contribution in [3.8, 4) is 11.8 Å². The summed E-state index contributed by atoms with van der Waals surface area (Å²) in [7, 11) is 0. The molecule has 0 aliphatic carbocycles. The van der Waals surface area contributed by atoms with E-state index < -0.39 is 0 Å². The third-order valence-electron chi connectivity index (χ3n) is 1.99. The molecule has 2 rings (SSSR count). The van der Waals surface area contributed by atoms with Gasteiger partial charge in [0.1, 0.15) is 11.8 Å². The minimum atomic E-state index is -0.0658. The summed E-state index contributed by atoms with van der Waals surface area (Å²) in [4.78, 5) is 0.748. The van der Waals surface area contributed by atoms with Gasteiger partial charge < -0.3 is 10.2 Å². The zero-order valence-corrected chi connectivity index (χ0v) is 8.01. The van der Waals surface area contributed by atoms with Crippen molar-refractivity contribution in [2.75, 3.05) is 0 Å². The second-order valence-corrected chi connectivity index (χ2v) is 3.99. The van der Waals surface area contributed by atoms with E-state index in [9.17, 15) is 5.11 Å². The monoisotopic (exact) mass is 205 g/mol. The van der Waals surface area contributed by atoms with Crippen molar-refractivity contribution >= 4 is 21.4 Å². The van der Waals surface area contributed by atoms with E-state index in [-0.39, 0.29) is 12.4 Å². The molecule has 0 atom stereocenters. The molecular formula is C10H7NO2S. The number of phenols is 1. The molecule has 3 nitrogen and oxygen atoms in total. The molecule has 1 aromatic heterocycles. The van der Waals surface area contributed by atoms with Crippen LogP contribution in [0.1, 0.15) is 10.4 Å². The van der Waals surface area contributed by atoms with Gasteiger partial charge in [0.05, 0.1) is 16.9 Å². The van der Waals surface area contributed by atoms with Crippen LogP contribution in [0.2, 0.25) is 0 Å². The van der Waals surface area contributed by atoms with E-state index in [1.807, 2.05) is 0 Å². The molecule has 0 fully saturated rings. The molecule has 4 heteroatoms. The molecule has 0 spiro atoms. The van der Waals surface area contributed by atoms with Gasteiger partial charge in [-0.25, -0.2) is 0 Å². The molecule has 0 saturated heterocycles. The maximum absolute atomic E-state index is 9.52. The van der Waals surface area contributed by atoms with Gasteiger partial charge in [0.2, 0.25) is 0 Å². The average Bonchev–Trinajstić information content (AvgIpc) is 2.63. The Morgan fingerprint density at radius 2 is 2.21 bits per heavy atom. The zero-order valence-electron chi connectivity index (χ0n) is 7.19. The standard InChI is InChI=1S/C10H7NO2S/c11-4-6-1-2-9(13)8-3-7(5-12)14-10(6)8/h1-3,12-13H,5H2. The molecule has 0 saturated carbocycles. The van der Waals surface area contributed by atoms with Crippen LogP contribution in [0, 0.1) is 11.3 Å². The summed E-state index contributed by atoms with van der Waals surface area (Å²) in [6, 6.07) is 6.83. The highest BCUT2D eigenvalue weighted by Gasteiger charge is 2.09. The Kier molecular flexibility index (Phi) is 2.12. The highest BCUT2D eigenvalue weighted by molar-refractivity contribution is 7.19. The van der Waals surface area contributed by atoms with Gasteiger partial charge in [-0.1, -0.05) is 0 Å². The molecule has 0 bridgehead atoms. The minimum Gasteiger partial charge on any atom is -0.507 e. The summed E-state index contributed by atoms with van der Waals surface area (Å²) in [6.07, 6.45) is 0. The first-order valence-corrected chi connectivity index (χ1v) is 4.83. The Morgan fingerprint density at radius 3 is 2.86 bits per heavy atom. The van der Waals surface area contributed by atoms with Crippen LogP contribution in [0.5, 0.6) is 5.75 Å². The Bertz CT molecular complexity index is 525. The summed E-state index contributed by atoms with van der Waals surface area (Å²) >= 11 is 1.33. The van der Waals surface area contributed by atoms with Gasteiger partial charge in [0.15, 0.2) is 0 Å². The van der Waals surface area contributed by atoms with Crippen molar-refractivity contribution in [2.24, 2.45) is 0 Å². The van der Waals surface area contributed by atoms with Crippen LogP contribution in [0.4, 0.5) is 0 Å². The lowest BCUT2D eigenvalue weighted by molar-refractivity contribution is 0.285. The number of rotatable bonds is 1. The predicted octanol–water partition coefficient (Wildman–Crippen LogP) is 1.97. The summed E-state index contributed by atoms with van der Waals surface area (Å²) < 4.78 is 0.733. The fourth-order valence-corrected chi connectivity index (χ4v) is 2.33. The van der Waals surface area contributed by atoms with E-state index in [4.69, 9.17) is 10.4 Å². The number of hydrogen-bond acceptors (Lipinski definition) is 4. The van der Waals surface area contributed by atoms with Gasteiger partial charge in [-0.2, -0.15) is 5.26 Å². The zero-order chi connectivity index (χ0) is 10.1. The minimum absolute atomic E-state index is 0.0658. The van der Waals surface area contributed by atoms with Crippen LogP contribution in [0.3, 0.4) is 0 Å². The third-order valence-corrected chi connectivity index (χ3v) is 3.14. The number of fused-ring (bicyclic) bond motifs is 1. The Hall–Kier alpha value is -1.57. The first kappa shape index (κ1) is 9.00. The number of nitriles is 1. The summed E-state index contributed by atoms with van der Waals surface area (Å²) in [6.45, 7) is -0.0658. The normalized spacial score (nSPS) is 10.3. The number of nitrogens with zero attached hydrogens (tertiary/aromatic N) is 1. The Balaban J connectivity index is 2.83. The SMILES string of the molecule is N#Cc1ccc(O)c2cc(CO)sc12. The van der Waals surface area contributed by atoms with Crippen LogP contribution in [0.25, 0.3) is 10.1 Å². The molecule has 70 valence electrons. The average molecular weight is 205 g/mol. The topological polar surface area (TPSA) is 64.2 Å². The number of thiophene rings is 1. The first-order valence-electron chi connectivity index (χ1n) is 4.01. The van der Waals surface area contributed by atoms with E-state index in [0.717, 1.165) is 9.58 Å². The molecule has 1 aromatic carbocycles. The summed E-state index contributed by atoms with van der Waals surface area (Å²) in [5, 5.41) is 27.9. The molecular weight excluding hydrogens is 198 g/mol. The van der Waals surface area contributed by atoms with Gasteiger partial charge >= 0.3 is 0 Å². The fourth-order valence-electron chi connectivity index (χ4n) is 1.33.